The first-order valence-corrected chi connectivity index (χ1v) is 13.2. The molecule has 0 spiro atoms. The molecule has 7 nitrogen and oxygen atoms in total. The molecular formula is C20H18N4O3S4. The predicted octanol–water partition coefficient (Wildman–Crippen LogP) is 4.98. The first-order valence-electron chi connectivity index (χ1n) is 9.17. The van der Waals surface area contributed by atoms with E-state index in [1.165, 1.54) is 34.4 Å². The number of benzene rings is 2. The third-order valence-corrected chi connectivity index (χ3v) is 8.56. The molecule has 2 N–H and O–H groups in total. The lowest BCUT2D eigenvalue weighted by atomic mass is 10.2. The topological polar surface area (TPSA) is 101 Å². The number of aryl methyl sites for hydroxylation is 1. The van der Waals surface area contributed by atoms with Crippen LogP contribution in [0.5, 0.6) is 0 Å². The van der Waals surface area contributed by atoms with Crippen molar-refractivity contribution in [3.8, 4) is 0 Å². The second kappa shape index (κ2) is 8.95. The van der Waals surface area contributed by atoms with Crippen LogP contribution < -0.4 is 10.0 Å². The third-order valence-electron chi connectivity index (χ3n) is 4.26. The summed E-state index contributed by atoms with van der Waals surface area (Å²) in [5, 5.41) is 4.78. The summed E-state index contributed by atoms with van der Waals surface area (Å²) < 4.78 is 29.4. The minimum Gasteiger partial charge on any atom is -0.301 e. The molecule has 0 bridgehead atoms. The smallest absolute Gasteiger partial charge is 0.261 e. The molecule has 1 unspecified atom stereocenters. The number of nitrogens with one attached hydrogen (secondary N) is 2. The molecule has 11 heteroatoms. The normalized spacial score (nSPS) is 12.6. The zero-order valence-corrected chi connectivity index (χ0v) is 19.8. The second-order valence-electron chi connectivity index (χ2n) is 6.67. The van der Waals surface area contributed by atoms with Crippen LogP contribution in [-0.4, -0.2) is 29.5 Å². The highest BCUT2D eigenvalue weighted by Crippen LogP contribution is 2.34. The van der Waals surface area contributed by atoms with Crippen LogP contribution in [-0.2, 0) is 14.8 Å². The van der Waals surface area contributed by atoms with Gasteiger partial charge in [0.2, 0.25) is 5.91 Å². The van der Waals surface area contributed by atoms with Gasteiger partial charge in [0.15, 0.2) is 9.47 Å². The Kier molecular flexibility index (Phi) is 6.28. The summed E-state index contributed by atoms with van der Waals surface area (Å²) in [6.07, 6.45) is 1.64. The number of sulfonamides is 1. The highest BCUT2D eigenvalue weighted by Gasteiger charge is 2.19. The van der Waals surface area contributed by atoms with E-state index in [9.17, 15) is 13.2 Å². The van der Waals surface area contributed by atoms with Crippen LogP contribution in [0.1, 0.15) is 12.5 Å². The lowest BCUT2D eigenvalue weighted by molar-refractivity contribution is -0.115. The molecular weight excluding hydrogens is 473 g/mol. The van der Waals surface area contributed by atoms with E-state index >= 15 is 0 Å². The maximum absolute atomic E-state index is 12.6. The zero-order chi connectivity index (χ0) is 22.0. The first kappa shape index (κ1) is 21.8. The zero-order valence-electron chi connectivity index (χ0n) is 16.5. The third kappa shape index (κ3) is 5.24. The number of hydrogen-bond acceptors (Lipinski definition) is 8. The van der Waals surface area contributed by atoms with Crippen LogP contribution in [0.4, 0.5) is 10.8 Å². The molecule has 1 amide bonds. The average molecular weight is 491 g/mol. The van der Waals surface area contributed by atoms with E-state index in [2.05, 4.69) is 20.0 Å². The Morgan fingerprint density at radius 1 is 1.16 bits per heavy atom. The van der Waals surface area contributed by atoms with E-state index in [0.29, 0.717) is 10.8 Å². The summed E-state index contributed by atoms with van der Waals surface area (Å²) >= 11 is 4.13. The van der Waals surface area contributed by atoms with Gasteiger partial charge in [0.05, 0.1) is 26.0 Å². The molecule has 31 heavy (non-hydrogen) atoms. The molecule has 0 saturated carbocycles. The molecule has 4 rings (SSSR count). The van der Waals surface area contributed by atoms with E-state index in [1.807, 2.05) is 6.92 Å². The number of carbonyl (C=O) groups excluding carboxylic acids is 1. The van der Waals surface area contributed by atoms with Crippen molar-refractivity contribution in [2.24, 2.45) is 0 Å². The summed E-state index contributed by atoms with van der Waals surface area (Å²) in [5.74, 6) is -0.147. The Morgan fingerprint density at radius 2 is 1.94 bits per heavy atom. The van der Waals surface area contributed by atoms with Gasteiger partial charge in [0.25, 0.3) is 10.0 Å². The van der Waals surface area contributed by atoms with Gasteiger partial charge in [-0.15, -0.1) is 22.7 Å². The number of nitrogens with zero attached hydrogens (tertiary/aromatic N) is 2. The standard InChI is InChI=1S/C20H18N4O3S4/c1-12-3-6-15(7-4-12)31(26,27)24-14-5-8-16-17(11-14)30-20(22-16)29-13(2)18(25)23-19-21-9-10-28-19/h3-11,13,24H,1-2H3,(H,21,23,25). The SMILES string of the molecule is Cc1ccc(S(=O)(=O)Nc2ccc3nc(SC(C)C(=O)Nc4nccs4)sc3c2)cc1. The summed E-state index contributed by atoms with van der Waals surface area (Å²) in [4.78, 5) is 21.1. The van der Waals surface area contributed by atoms with Crippen molar-refractivity contribution in [2.45, 2.75) is 28.3 Å². The number of amides is 1. The predicted molar refractivity (Wildman–Crippen MR) is 128 cm³/mol. The minimum atomic E-state index is -3.68. The lowest BCUT2D eigenvalue weighted by Gasteiger charge is -2.08. The number of anilines is 2. The molecule has 160 valence electrons. The number of fused-ring (bicyclic) bond motifs is 1. The monoisotopic (exact) mass is 490 g/mol. The van der Waals surface area contributed by atoms with Crippen molar-refractivity contribution < 1.29 is 13.2 Å². The molecule has 0 saturated heterocycles. The Morgan fingerprint density at radius 3 is 2.65 bits per heavy atom. The molecule has 0 aliphatic heterocycles. The molecule has 1 atom stereocenters. The maximum Gasteiger partial charge on any atom is 0.261 e. The Hall–Kier alpha value is -2.47. The van der Waals surface area contributed by atoms with Gasteiger partial charge >= 0.3 is 0 Å². The van der Waals surface area contributed by atoms with Gasteiger partial charge in [-0.2, -0.15) is 0 Å². The fourth-order valence-electron chi connectivity index (χ4n) is 2.65. The van der Waals surface area contributed by atoms with Crippen molar-refractivity contribution in [3.05, 3.63) is 59.6 Å². The molecule has 0 fully saturated rings. The molecule has 2 heterocycles. The molecule has 4 aromatic rings. The first-order chi connectivity index (χ1) is 14.8. The number of aromatic nitrogens is 2. The van der Waals surface area contributed by atoms with E-state index in [0.717, 1.165) is 20.1 Å². The number of carbonyl (C=O) groups is 1. The van der Waals surface area contributed by atoms with Crippen LogP contribution in [0.25, 0.3) is 10.2 Å². The number of thioether (sulfide) groups is 1. The highest BCUT2D eigenvalue weighted by molar-refractivity contribution is 8.02. The van der Waals surface area contributed by atoms with Gasteiger partial charge in [-0.3, -0.25) is 9.52 Å². The van der Waals surface area contributed by atoms with Crippen molar-refractivity contribution in [3.63, 3.8) is 0 Å². The van der Waals surface area contributed by atoms with Crippen molar-refractivity contribution in [1.29, 1.82) is 0 Å². The number of thiazole rings is 2. The van der Waals surface area contributed by atoms with Crippen molar-refractivity contribution in [1.82, 2.24) is 9.97 Å². The summed E-state index contributed by atoms with van der Waals surface area (Å²) in [7, 11) is -3.68. The van der Waals surface area contributed by atoms with E-state index < -0.39 is 10.0 Å². The van der Waals surface area contributed by atoms with Gasteiger partial charge in [-0.1, -0.05) is 29.5 Å². The fourth-order valence-corrected chi connectivity index (χ4v) is 6.48. The van der Waals surface area contributed by atoms with Gasteiger partial charge in [-0.05, 0) is 44.2 Å². The lowest BCUT2D eigenvalue weighted by Crippen LogP contribution is -2.22. The van der Waals surface area contributed by atoms with Crippen LogP contribution in [0.3, 0.4) is 0 Å². The summed E-state index contributed by atoms with van der Waals surface area (Å²) in [5.41, 5.74) is 2.20. The molecule has 0 aliphatic rings. The molecule has 0 aliphatic carbocycles. The molecule has 2 aromatic heterocycles. The van der Waals surface area contributed by atoms with Gasteiger partial charge < -0.3 is 5.32 Å². The van der Waals surface area contributed by atoms with E-state index in [1.54, 1.807) is 61.0 Å². The van der Waals surface area contributed by atoms with Crippen LogP contribution in [0.2, 0.25) is 0 Å². The van der Waals surface area contributed by atoms with Crippen LogP contribution in [0, 0.1) is 6.92 Å². The van der Waals surface area contributed by atoms with E-state index in [-0.39, 0.29) is 16.1 Å². The number of hydrogen-bond donors (Lipinski definition) is 2. The quantitative estimate of drug-likeness (QED) is 0.354. The Labute approximate surface area is 192 Å². The van der Waals surface area contributed by atoms with Crippen molar-refractivity contribution >= 4 is 71.4 Å². The van der Waals surface area contributed by atoms with Crippen LogP contribution >= 0.6 is 34.4 Å². The maximum atomic E-state index is 12.6. The Bertz CT molecular complexity index is 1320. The number of rotatable bonds is 7. The minimum absolute atomic E-state index is 0.147. The summed E-state index contributed by atoms with van der Waals surface area (Å²) in [6, 6.07) is 11.9. The highest BCUT2D eigenvalue weighted by atomic mass is 32.2. The van der Waals surface area contributed by atoms with Gasteiger partial charge in [-0.25, -0.2) is 18.4 Å². The Balaban J connectivity index is 1.47. The largest absolute Gasteiger partial charge is 0.301 e. The fraction of sp³-hybridized carbons (Fsp3) is 0.150. The second-order valence-corrected chi connectivity index (χ2v) is 11.9. The molecule has 2 aromatic carbocycles. The van der Waals surface area contributed by atoms with Gasteiger partial charge in [0.1, 0.15) is 0 Å². The molecule has 0 radical (unpaired) electrons. The summed E-state index contributed by atoms with van der Waals surface area (Å²) in [6.45, 7) is 3.71. The van der Waals surface area contributed by atoms with Gasteiger partial charge in [0, 0.05) is 11.6 Å². The van der Waals surface area contributed by atoms with Crippen molar-refractivity contribution in [2.75, 3.05) is 10.0 Å². The average Bonchev–Trinajstić information content (AvgIpc) is 3.37. The van der Waals surface area contributed by atoms with E-state index in [4.69, 9.17) is 0 Å². The van der Waals surface area contributed by atoms with Crippen LogP contribution in [0.15, 0.2) is 63.3 Å².